The second-order valence-electron chi connectivity index (χ2n) is 4.56. The zero-order valence-corrected chi connectivity index (χ0v) is 12.6. The van der Waals surface area contributed by atoms with Gasteiger partial charge in [-0.05, 0) is 26.3 Å². The highest BCUT2D eigenvalue weighted by atomic mass is 35.5. The van der Waals surface area contributed by atoms with E-state index in [1.807, 2.05) is 7.05 Å². The molecule has 7 heteroatoms. The third kappa shape index (κ3) is 5.54. The van der Waals surface area contributed by atoms with Crippen LogP contribution in [0.4, 0.5) is 0 Å². The molecule has 0 radical (unpaired) electrons. The predicted octanol–water partition coefficient (Wildman–Crippen LogP) is 0.443. The monoisotopic (exact) mass is 298 g/mol. The summed E-state index contributed by atoms with van der Waals surface area (Å²) >= 11 is 0. The van der Waals surface area contributed by atoms with Crippen molar-refractivity contribution in [1.29, 1.82) is 0 Å². The molecule has 108 valence electrons. The fraction of sp³-hybridized carbons (Fsp3) is 0.909. The van der Waals surface area contributed by atoms with E-state index in [1.54, 1.807) is 11.8 Å². The van der Waals surface area contributed by atoms with Crippen molar-refractivity contribution in [3.63, 3.8) is 0 Å². The van der Waals surface area contributed by atoms with Crippen molar-refractivity contribution >= 4 is 28.2 Å². The molecule has 0 aromatic carbocycles. The van der Waals surface area contributed by atoms with Gasteiger partial charge in [0.2, 0.25) is 5.91 Å². The zero-order valence-electron chi connectivity index (χ0n) is 11.0. The Hall–Kier alpha value is -0.330. The van der Waals surface area contributed by atoms with Crippen molar-refractivity contribution in [3.05, 3.63) is 0 Å². The largest absolute Gasteiger partial charge is 0.340 e. The van der Waals surface area contributed by atoms with Gasteiger partial charge in [-0.15, -0.1) is 12.4 Å². The SMILES string of the molecule is CCCS(=O)(=O)CC(=O)N1CCCC(NC)C1.Cl. The van der Waals surface area contributed by atoms with Crippen LogP contribution in [0, 0.1) is 0 Å². The average molecular weight is 299 g/mol. The summed E-state index contributed by atoms with van der Waals surface area (Å²) < 4.78 is 23.1. The van der Waals surface area contributed by atoms with Gasteiger partial charge < -0.3 is 10.2 Å². The van der Waals surface area contributed by atoms with Crippen LogP contribution < -0.4 is 5.32 Å². The standard InChI is InChI=1S/C11H22N2O3S.ClH/c1-3-7-17(15,16)9-11(14)13-6-4-5-10(8-13)12-2;/h10,12H,3-9H2,1-2H3;1H. The van der Waals surface area contributed by atoms with Crippen molar-refractivity contribution in [1.82, 2.24) is 10.2 Å². The van der Waals surface area contributed by atoms with Crippen LogP contribution in [0.2, 0.25) is 0 Å². The van der Waals surface area contributed by atoms with Crippen molar-refractivity contribution in [3.8, 4) is 0 Å². The number of hydrogen-bond acceptors (Lipinski definition) is 4. The molecule has 1 fully saturated rings. The molecule has 1 saturated heterocycles. The van der Waals surface area contributed by atoms with Gasteiger partial charge in [0.05, 0.1) is 5.75 Å². The molecule has 0 saturated carbocycles. The summed E-state index contributed by atoms with van der Waals surface area (Å²) in [7, 11) is -1.35. The molecule has 1 N–H and O–H groups in total. The Balaban J connectivity index is 0.00000289. The Bertz CT molecular complexity index is 359. The summed E-state index contributed by atoms with van der Waals surface area (Å²) in [6.45, 7) is 3.11. The van der Waals surface area contributed by atoms with Gasteiger partial charge in [0, 0.05) is 19.1 Å². The minimum absolute atomic E-state index is 0. The first kappa shape index (κ1) is 17.7. The van der Waals surface area contributed by atoms with E-state index in [4.69, 9.17) is 0 Å². The van der Waals surface area contributed by atoms with E-state index in [2.05, 4.69) is 5.32 Å². The lowest BCUT2D eigenvalue weighted by atomic mass is 10.1. The van der Waals surface area contributed by atoms with E-state index < -0.39 is 9.84 Å². The van der Waals surface area contributed by atoms with Gasteiger partial charge in [0.25, 0.3) is 0 Å². The van der Waals surface area contributed by atoms with Crippen LogP contribution in [0.15, 0.2) is 0 Å². The van der Waals surface area contributed by atoms with Gasteiger partial charge in [-0.1, -0.05) is 6.92 Å². The highest BCUT2D eigenvalue weighted by Crippen LogP contribution is 2.10. The number of carbonyl (C=O) groups excluding carboxylic acids is 1. The number of hydrogen-bond donors (Lipinski definition) is 1. The smallest absolute Gasteiger partial charge is 0.237 e. The minimum Gasteiger partial charge on any atom is -0.340 e. The van der Waals surface area contributed by atoms with Crippen LogP contribution in [0.1, 0.15) is 26.2 Å². The molecule has 1 aliphatic rings. The second-order valence-corrected chi connectivity index (χ2v) is 6.74. The Morgan fingerprint density at radius 3 is 2.67 bits per heavy atom. The average Bonchev–Trinajstić information content (AvgIpc) is 2.28. The first-order valence-corrected chi connectivity index (χ1v) is 7.96. The maximum Gasteiger partial charge on any atom is 0.237 e. The van der Waals surface area contributed by atoms with E-state index >= 15 is 0 Å². The molecule has 0 spiro atoms. The molecule has 0 aromatic rings. The number of nitrogens with zero attached hydrogens (tertiary/aromatic N) is 1. The Kier molecular flexibility index (Phi) is 7.82. The Morgan fingerprint density at radius 1 is 1.44 bits per heavy atom. The topological polar surface area (TPSA) is 66.5 Å². The summed E-state index contributed by atoms with van der Waals surface area (Å²) in [6.07, 6.45) is 2.54. The molecule has 0 aliphatic carbocycles. The summed E-state index contributed by atoms with van der Waals surface area (Å²) in [5.41, 5.74) is 0. The van der Waals surface area contributed by atoms with Gasteiger partial charge >= 0.3 is 0 Å². The fourth-order valence-corrected chi connectivity index (χ4v) is 3.43. The maximum absolute atomic E-state index is 11.9. The highest BCUT2D eigenvalue weighted by molar-refractivity contribution is 7.92. The normalized spacial score (nSPS) is 20.3. The quantitative estimate of drug-likeness (QED) is 0.800. The fourth-order valence-electron chi connectivity index (χ4n) is 2.10. The first-order chi connectivity index (χ1) is 7.98. The van der Waals surface area contributed by atoms with Crippen molar-refractivity contribution in [2.45, 2.75) is 32.2 Å². The van der Waals surface area contributed by atoms with Crippen LogP contribution in [0.3, 0.4) is 0 Å². The lowest BCUT2D eigenvalue weighted by Gasteiger charge is -2.32. The van der Waals surface area contributed by atoms with Gasteiger partial charge in [-0.2, -0.15) is 0 Å². The number of halogens is 1. The van der Waals surface area contributed by atoms with Crippen molar-refractivity contribution < 1.29 is 13.2 Å². The maximum atomic E-state index is 11.9. The van der Waals surface area contributed by atoms with E-state index in [1.165, 1.54) is 0 Å². The summed E-state index contributed by atoms with van der Waals surface area (Å²) in [4.78, 5) is 13.5. The summed E-state index contributed by atoms with van der Waals surface area (Å²) in [5, 5.41) is 3.13. The lowest BCUT2D eigenvalue weighted by Crippen LogP contribution is -2.48. The molecule has 1 amide bonds. The van der Waals surface area contributed by atoms with Crippen molar-refractivity contribution in [2.24, 2.45) is 0 Å². The van der Waals surface area contributed by atoms with Gasteiger partial charge in [0.15, 0.2) is 9.84 Å². The molecular weight excluding hydrogens is 276 g/mol. The van der Waals surface area contributed by atoms with Gasteiger partial charge in [-0.3, -0.25) is 4.79 Å². The van der Waals surface area contributed by atoms with Crippen molar-refractivity contribution in [2.75, 3.05) is 31.6 Å². The Morgan fingerprint density at radius 2 is 2.11 bits per heavy atom. The minimum atomic E-state index is -3.22. The number of carbonyl (C=O) groups is 1. The third-order valence-corrected chi connectivity index (χ3v) is 4.76. The molecular formula is C11H23ClN2O3S. The van der Waals surface area contributed by atoms with E-state index in [9.17, 15) is 13.2 Å². The van der Waals surface area contributed by atoms with Crippen LogP contribution in [-0.4, -0.2) is 56.9 Å². The number of likely N-dealkylation sites (N-methyl/N-ethyl adjacent to an activating group) is 1. The highest BCUT2D eigenvalue weighted by Gasteiger charge is 2.25. The van der Waals surface area contributed by atoms with E-state index in [-0.39, 0.29) is 29.8 Å². The van der Waals surface area contributed by atoms with Crippen LogP contribution in [-0.2, 0) is 14.6 Å². The number of piperidine rings is 1. The Labute approximate surface area is 116 Å². The zero-order chi connectivity index (χ0) is 12.9. The molecule has 0 aromatic heterocycles. The number of rotatable bonds is 5. The molecule has 1 aliphatic heterocycles. The summed E-state index contributed by atoms with van der Waals surface area (Å²) in [5.74, 6) is -0.488. The van der Waals surface area contributed by atoms with Gasteiger partial charge in [-0.25, -0.2) is 8.42 Å². The number of sulfone groups is 1. The molecule has 1 atom stereocenters. The molecule has 1 heterocycles. The predicted molar refractivity (Wildman–Crippen MR) is 74.9 cm³/mol. The molecule has 1 unspecified atom stereocenters. The number of likely N-dealkylation sites (tertiary alicyclic amines) is 1. The molecule has 18 heavy (non-hydrogen) atoms. The van der Waals surface area contributed by atoms with Crippen LogP contribution in [0.25, 0.3) is 0 Å². The van der Waals surface area contributed by atoms with E-state index in [0.717, 1.165) is 12.8 Å². The van der Waals surface area contributed by atoms with Gasteiger partial charge in [0.1, 0.15) is 5.75 Å². The van der Waals surface area contributed by atoms with Crippen LogP contribution >= 0.6 is 12.4 Å². The lowest BCUT2D eigenvalue weighted by molar-refractivity contribution is -0.129. The number of nitrogens with one attached hydrogen (secondary N) is 1. The molecule has 0 bridgehead atoms. The molecule has 1 rings (SSSR count). The summed E-state index contributed by atoms with van der Waals surface area (Å²) in [6, 6.07) is 0.293. The second kappa shape index (κ2) is 7.96. The van der Waals surface area contributed by atoms with E-state index in [0.29, 0.717) is 25.6 Å². The first-order valence-electron chi connectivity index (χ1n) is 6.14. The van der Waals surface area contributed by atoms with Crippen LogP contribution in [0.5, 0.6) is 0 Å². The molecule has 5 nitrogen and oxygen atoms in total. The third-order valence-electron chi connectivity index (χ3n) is 3.04. The number of amides is 1.